The van der Waals surface area contributed by atoms with Crippen molar-refractivity contribution in [3.8, 4) is 0 Å². The number of hydrogen-bond donors (Lipinski definition) is 1. The number of hydrogen-bond acceptors (Lipinski definition) is 5. The number of anilines is 1. The highest BCUT2D eigenvalue weighted by Crippen LogP contribution is 2.21. The molecule has 35 heavy (non-hydrogen) atoms. The highest BCUT2D eigenvalue weighted by molar-refractivity contribution is 7.92. The first kappa shape index (κ1) is 28.0. The van der Waals surface area contributed by atoms with Crippen LogP contribution in [0.1, 0.15) is 50.0 Å². The van der Waals surface area contributed by atoms with Gasteiger partial charge in [0.25, 0.3) is 0 Å². The van der Waals surface area contributed by atoms with Gasteiger partial charge in [0.2, 0.25) is 21.8 Å². The van der Waals surface area contributed by atoms with E-state index < -0.39 is 28.5 Å². The van der Waals surface area contributed by atoms with Crippen molar-refractivity contribution in [1.82, 2.24) is 10.2 Å². The monoisotopic (exact) mass is 501 g/mol. The molecule has 0 aliphatic heterocycles. The van der Waals surface area contributed by atoms with Gasteiger partial charge in [-0.1, -0.05) is 63.2 Å². The highest BCUT2D eigenvalue weighted by Gasteiger charge is 2.31. The van der Waals surface area contributed by atoms with Crippen LogP contribution in [0.25, 0.3) is 0 Å². The van der Waals surface area contributed by atoms with Crippen LogP contribution in [0.3, 0.4) is 0 Å². The van der Waals surface area contributed by atoms with Gasteiger partial charge in [-0.05, 0) is 37.0 Å². The van der Waals surface area contributed by atoms with E-state index in [0.717, 1.165) is 16.1 Å². The fraction of sp³-hybridized carbons (Fsp3) is 0.423. The number of nitrogens with one attached hydrogen (secondary N) is 1. The maximum absolute atomic E-state index is 13.6. The third kappa shape index (κ3) is 8.20. The van der Waals surface area contributed by atoms with Crippen LogP contribution in [0.2, 0.25) is 0 Å². The molecule has 0 unspecified atom stereocenters. The lowest BCUT2D eigenvalue weighted by atomic mass is 10.1. The molecule has 0 aromatic heterocycles. The second kappa shape index (κ2) is 12.5. The SMILES string of the molecule is CC[C@H](C(=O)NCC(C)C)N(Cc1ccccc1)C(=O)CN(c1cccc(C(C)=O)c1)S(C)(=O)=O. The van der Waals surface area contributed by atoms with Gasteiger partial charge in [-0.2, -0.15) is 0 Å². The summed E-state index contributed by atoms with van der Waals surface area (Å²) in [7, 11) is -3.86. The summed E-state index contributed by atoms with van der Waals surface area (Å²) in [4.78, 5) is 39.9. The molecular formula is C26H35N3O5S. The van der Waals surface area contributed by atoms with Crippen LogP contribution in [-0.2, 0) is 26.2 Å². The van der Waals surface area contributed by atoms with E-state index in [4.69, 9.17) is 0 Å². The summed E-state index contributed by atoms with van der Waals surface area (Å²) in [5.41, 5.74) is 1.37. The van der Waals surface area contributed by atoms with Crippen molar-refractivity contribution in [3.05, 3.63) is 65.7 Å². The number of Topliss-reactive ketones (excluding diaryl/α,β-unsaturated/α-hetero) is 1. The molecule has 0 fully saturated rings. The van der Waals surface area contributed by atoms with Crippen molar-refractivity contribution in [2.45, 2.75) is 46.7 Å². The smallest absolute Gasteiger partial charge is 0.244 e. The number of rotatable bonds is 12. The zero-order valence-electron chi connectivity index (χ0n) is 21.0. The van der Waals surface area contributed by atoms with Crippen LogP contribution in [0.15, 0.2) is 54.6 Å². The predicted octanol–water partition coefficient (Wildman–Crippen LogP) is 3.23. The predicted molar refractivity (Wildman–Crippen MR) is 138 cm³/mol. The van der Waals surface area contributed by atoms with E-state index in [1.165, 1.54) is 24.0 Å². The largest absolute Gasteiger partial charge is 0.354 e. The van der Waals surface area contributed by atoms with Gasteiger partial charge in [-0.3, -0.25) is 18.7 Å². The van der Waals surface area contributed by atoms with Crippen molar-refractivity contribution in [1.29, 1.82) is 0 Å². The lowest BCUT2D eigenvalue weighted by Crippen LogP contribution is -2.52. The van der Waals surface area contributed by atoms with Gasteiger partial charge in [0, 0.05) is 18.7 Å². The van der Waals surface area contributed by atoms with Gasteiger partial charge in [0.05, 0.1) is 11.9 Å². The molecule has 8 nitrogen and oxygen atoms in total. The molecular weight excluding hydrogens is 466 g/mol. The van der Waals surface area contributed by atoms with Gasteiger partial charge < -0.3 is 10.2 Å². The third-order valence-corrected chi connectivity index (χ3v) is 6.63. The maximum atomic E-state index is 13.6. The Hall–Kier alpha value is -3.20. The van der Waals surface area contributed by atoms with Crippen LogP contribution >= 0.6 is 0 Å². The van der Waals surface area contributed by atoms with Crippen LogP contribution in [0.5, 0.6) is 0 Å². The number of benzene rings is 2. The normalized spacial score (nSPS) is 12.2. The summed E-state index contributed by atoms with van der Waals surface area (Å²) in [6, 6.07) is 14.6. The lowest BCUT2D eigenvalue weighted by molar-refractivity contribution is -0.140. The maximum Gasteiger partial charge on any atom is 0.244 e. The molecule has 2 aromatic rings. The third-order valence-electron chi connectivity index (χ3n) is 5.49. The average molecular weight is 502 g/mol. The number of carbonyl (C=O) groups is 3. The van der Waals surface area contributed by atoms with Gasteiger partial charge in [-0.15, -0.1) is 0 Å². The summed E-state index contributed by atoms with van der Waals surface area (Å²) in [5, 5.41) is 2.89. The molecule has 0 saturated heterocycles. The lowest BCUT2D eigenvalue weighted by Gasteiger charge is -2.33. The van der Waals surface area contributed by atoms with Gasteiger partial charge in [0.1, 0.15) is 12.6 Å². The number of sulfonamides is 1. The summed E-state index contributed by atoms with van der Waals surface area (Å²) in [6.45, 7) is 7.28. The Bertz CT molecular complexity index is 1130. The van der Waals surface area contributed by atoms with Crippen molar-refractivity contribution >= 4 is 33.3 Å². The Kier molecular flexibility index (Phi) is 10.0. The summed E-state index contributed by atoms with van der Waals surface area (Å²) in [6.07, 6.45) is 1.37. The standard InChI is InChI=1S/C26H35N3O5S/c1-6-24(26(32)27-16-19(2)3)28(17-21-11-8-7-9-12-21)25(31)18-29(35(5,33)34)23-14-10-13-22(15-23)20(4)30/h7-15,19,24H,6,16-18H2,1-5H3,(H,27,32)/t24-/m1/s1. The van der Waals surface area contributed by atoms with Crippen molar-refractivity contribution in [2.75, 3.05) is 23.7 Å². The van der Waals surface area contributed by atoms with Crippen molar-refractivity contribution in [2.24, 2.45) is 5.92 Å². The van der Waals surface area contributed by atoms with E-state index in [9.17, 15) is 22.8 Å². The minimum Gasteiger partial charge on any atom is -0.354 e. The Balaban J connectivity index is 2.43. The molecule has 1 atom stereocenters. The molecule has 0 spiro atoms. The van der Waals surface area contributed by atoms with Crippen LogP contribution in [0, 0.1) is 5.92 Å². The fourth-order valence-corrected chi connectivity index (χ4v) is 4.46. The van der Waals surface area contributed by atoms with Crippen molar-refractivity contribution < 1.29 is 22.8 Å². The zero-order chi connectivity index (χ0) is 26.2. The second-order valence-corrected chi connectivity index (χ2v) is 10.9. The molecule has 0 aliphatic carbocycles. The molecule has 2 amide bonds. The molecule has 0 bridgehead atoms. The average Bonchev–Trinajstić information content (AvgIpc) is 2.80. The van der Waals surface area contributed by atoms with E-state index in [0.29, 0.717) is 18.5 Å². The van der Waals surface area contributed by atoms with Crippen LogP contribution in [0.4, 0.5) is 5.69 Å². The Labute approximate surface area is 208 Å². The fourth-order valence-electron chi connectivity index (χ4n) is 3.62. The number of nitrogens with zero attached hydrogens (tertiary/aromatic N) is 2. The van der Waals surface area contributed by atoms with E-state index in [2.05, 4.69) is 5.32 Å². The molecule has 2 rings (SSSR count). The Morgan fingerprint density at radius 1 is 1.00 bits per heavy atom. The molecule has 9 heteroatoms. The zero-order valence-corrected chi connectivity index (χ0v) is 21.8. The topological polar surface area (TPSA) is 104 Å². The Morgan fingerprint density at radius 3 is 2.20 bits per heavy atom. The van der Waals surface area contributed by atoms with Crippen LogP contribution in [-0.4, -0.2) is 56.3 Å². The number of amides is 2. The first-order valence-electron chi connectivity index (χ1n) is 11.6. The van der Waals surface area contributed by atoms with E-state index >= 15 is 0 Å². The molecule has 2 aromatic carbocycles. The molecule has 0 heterocycles. The van der Waals surface area contributed by atoms with Crippen molar-refractivity contribution in [3.63, 3.8) is 0 Å². The van der Waals surface area contributed by atoms with Gasteiger partial charge >= 0.3 is 0 Å². The van der Waals surface area contributed by atoms with E-state index in [-0.39, 0.29) is 29.8 Å². The first-order valence-corrected chi connectivity index (χ1v) is 13.5. The second-order valence-electron chi connectivity index (χ2n) is 8.95. The molecule has 0 radical (unpaired) electrons. The summed E-state index contributed by atoms with van der Waals surface area (Å²) >= 11 is 0. The highest BCUT2D eigenvalue weighted by atomic mass is 32.2. The molecule has 0 aliphatic rings. The first-order chi connectivity index (χ1) is 16.4. The van der Waals surface area contributed by atoms with Gasteiger partial charge in [0.15, 0.2) is 5.78 Å². The Morgan fingerprint density at radius 2 is 1.66 bits per heavy atom. The minimum atomic E-state index is -3.86. The number of ketones is 1. The number of carbonyl (C=O) groups excluding carboxylic acids is 3. The molecule has 1 N–H and O–H groups in total. The minimum absolute atomic E-state index is 0.151. The van der Waals surface area contributed by atoms with Crippen LogP contribution < -0.4 is 9.62 Å². The summed E-state index contributed by atoms with van der Waals surface area (Å²) in [5.74, 6) is -0.775. The van der Waals surface area contributed by atoms with E-state index in [1.54, 1.807) is 12.1 Å². The van der Waals surface area contributed by atoms with E-state index in [1.807, 2.05) is 51.1 Å². The summed E-state index contributed by atoms with van der Waals surface area (Å²) < 4.78 is 26.3. The molecule has 0 saturated carbocycles. The quantitative estimate of drug-likeness (QED) is 0.450. The molecule has 190 valence electrons. The van der Waals surface area contributed by atoms with Gasteiger partial charge in [-0.25, -0.2) is 8.42 Å².